The van der Waals surface area contributed by atoms with Crippen LogP contribution in [0.3, 0.4) is 0 Å². The molecule has 25 heavy (non-hydrogen) atoms. The molecule has 2 rings (SSSR count). The second-order valence-electron chi connectivity index (χ2n) is 5.20. The fourth-order valence-electron chi connectivity index (χ4n) is 2.39. The van der Waals surface area contributed by atoms with Crippen molar-refractivity contribution in [1.29, 1.82) is 0 Å². The van der Waals surface area contributed by atoms with Crippen LogP contribution in [0.2, 0.25) is 0 Å². The van der Waals surface area contributed by atoms with Gasteiger partial charge in [-0.15, -0.1) is 11.8 Å². The van der Waals surface area contributed by atoms with Crippen molar-refractivity contribution in [3.8, 4) is 0 Å². The number of aliphatic carboxylic acids is 1. The zero-order valence-electron chi connectivity index (χ0n) is 13.0. The molecule has 0 aromatic rings. The van der Waals surface area contributed by atoms with Gasteiger partial charge in [0.05, 0.1) is 5.75 Å². The molecule has 0 saturated carbocycles. The van der Waals surface area contributed by atoms with E-state index >= 15 is 0 Å². The number of hydrogen-bond acceptors (Lipinski definition) is 6. The van der Waals surface area contributed by atoms with Gasteiger partial charge >= 0.3 is 11.2 Å². The zero-order valence-corrected chi connectivity index (χ0v) is 15.4. The monoisotopic (exact) mass is 416 g/mol. The van der Waals surface area contributed by atoms with E-state index in [1.807, 2.05) is 6.26 Å². The Morgan fingerprint density at radius 1 is 1.48 bits per heavy atom. The molecule has 0 bridgehead atoms. The lowest BCUT2D eigenvalue weighted by molar-refractivity contribution is -0.150. The van der Waals surface area contributed by atoms with Gasteiger partial charge in [-0.1, -0.05) is 11.8 Å². The smallest absolute Gasteiger partial charge is 0.352 e. The Balaban J connectivity index is 2.01. The highest BCUT2D eigenvalue weighted by atomic mass is 32.2. The summed E-state index contributed by atoms with van der Waals surface area (Å²) in [6, 6.07) is -0.970. The van der Waals surface area contributed by atoms with Gasteiger partial charge < -0.3 is 10.4 Å². The lowest BCUT2D eigenvalue weighted by Gasteiger charge is -2.49. The molecule has 2 N–H and O–H groups in total. The van der Waals surface area contributed by atoms with E-state index in [1.165, 1.54) is 23.5 Å². The molecule has 0 radical (unpaired) electrons. The average molecular weight is 416 g/mol. The number of rotatable bonds is 8. The second kappa shape index (κ2) is 8.12. The Kier molecular flexibility index (Phi) is 6.60. The van der Waals surface area contributed by atoms with Crippen LogP contribution in [0, 0.1) is 0 Å². The van der Waals surface area contributed by atoms with E-state index < -0.39 is 46.9 Å². The first-order valence-electron chi connectivity index (χ1n) is 6.98. The summed E-state index contributed by atoms with van der Waals surface area (Å²) in [7, 11) is 0. The molecule has 1 unspecified atom stereocenters. The van der Waals surface area contributed by atoms with Crippen molar-refractivity contribution in [2.75, 3.05) is 30.2 Å². The molecule has 2 heterocycles. The maximum atomic E-state index is 12.8. The van der Waals surface area contributed by atoms with E-state index in [0.717, 1.165) is 4.90 Å². The maximum absolute atomic E-state index is 12.8. The molecule has 1 saturated heterocycles. The summed E-state index contributed by atoms with van der Waals surface area (Å²) in [5.41, 5.74) is 0.546. The minimum absolute atomic E-state index is 0.0769. The quantitative estimate of drug-likeness (QED) is 0.578. The number of thioether (sulfide) groups is 3. The van der Waals surface area contributed by atoms with Gasteiger partial charge in [0, 0.05) is 11.5 Å². The van der Waals surface area contributed by atoms with Gasteiger partial charge in [0.25, 0.3) is 5.91 Å². The van der Waals surface area contributed by atoms with E-state index in [1.54, 1.807) is 0 Å². The number of carboxylic acids is 1. The predicted molar refractivity (Wildman–Crippen MR) is 91.4 cm³/mol. The highest BCUT2D eigenvalue weighted by Gasteiger charge is 2.54. The molecular formula is C13H15F3N2O4S3. The fourth-order valence-corrected chi connectivity index (χ4v) is 4.96. The van der Waals surface area contributed by atoms with Crippen molar-refractivity contribution in [2.45, 2.75) is 16.7 Å². The molecular weight excluding hydrogens is 401 g/mol. The summed E-state index contributed by atoms with van der Waals surface area (Å²) in [5.74, 6) is -2.46. The number of carbonyl (C=O) groups is 3. The standard InChI is InChI=1S/C13H15F3N2O4S3/c1-23-2-6-3-24-11-8(10(20)18(11)9(6)12(21)22)17-7(19)4-25-13(15,16)5-14/h8,11H,2-5H2,1H3,(H,17,19)(H,21,22)/t8?,11-/m0/s1. The number of β-lactam (4-membered cyclic amide) rings is 1. The number of nitrogens with one attached hydrogen (secondary N) is 1. The highest BCUT2D eigenvalue weighted by molar-refractivity contribution is 8.01. The number of carboxylic acid groups (broad SMARTS) is 1. The van der Waals surface area contributed by atoms with Crippen LogP contribution < -0.4 is 5.32 Å². The SMILES string of the molecule is CSCC1=C(C(=O)O)N2C(=O)C(NC(=O)CSC(F)(F)CF)[C@@H]2SC1. The Hall–Kier alpha value is -1.01. The Labute approximate surface area is 154 Å². The average Bonchev–Trinajstić information content (AvgIpc) is 2.57. The molecule has 0 aromatic heterocycles. The van der Waals surface area contributed by atoms with Crippen molar-refractivity contribution in [3.05, 3.63) is 11.3 Å². The molecule has 2 atom stereocenters. The molecule has 2 aliphatic heterocycles. The van der Waals surface area contributed by atoms with Crippen molar-refractivity contribution >= 4 is 53.1 Å². The summed E-state index contributed by atoms with van der Waals surface area (Å²) in [5, 5.41) is 7.45. The van der Waals surface area contributed by atoms with Crippen molar-refractivity contribution < 1.29 is 32.7 Å². The van der Waals surface area contributed by atoms with E-state index in [4.69, 9.17) is 0 Å². The molecule has 2 amide bonds. The van der Waals surface area contributed by atoms with Crippen LogP contribution in [0.15, 0.2) is 11.3 Å². The summed E-state index contributed by atoms with van der Waals surface area (Å²) in [6.45, 7) is -1.88. The van der Waals surface area contributed by atoms with Gasteiger partial charge in [-0.3, -0.25) is 14.5 Å². The Morgan fingerprint density at radius 3 is 2.72 bits per heavy atom. The third-order valence-corrected chi connectivity index (χ3v) is 6.37. The van der Waals surface area contributed by atoms with Crippen LogP contribution in [0.4, 0.5) is 13.2 Å². The van der Waals surface area contributed by atoms with Crippen LogP contribution in [-0.4, -0.2) is 74.6 Å². The first kappa shape index (κ1) is 20.3. The minimum Gasteiger partial charge on any atom is -0.477 e. The van der Waals surface area contributed by atoms with E-state index in [0.29, 0.717) is 17.1 Å². The third-order valence-electron chi connectivity index (χ3n) is 3.45. The zero-order chi connectivity index (χ0) is 18.8. The van der Waals surface area contributed by atoms with Crippen molar-refractivity contribution in [2.24, 2.45) is 0 Å². The van der Waals surface area contributed by atoms with E-state index in [2.05, 4.69) is 5.32 Å². The number of amides is 2. The summed E-state index contributed by atoms with van der Waals surface area (Å²) >= 11 is 2.59. The number of carbonyl (C=O) groups excluding carboxylic acids is 2. The minimum atomic E-state index is -3.65. The number of fused-ring (bicyclic) bond motifs is 1. The number of hydrogen-bond donors (Lipinski definition) is 2. The normalized spacial score (nSPS) is 23.2. The molecule has 0 aliphatic carbocycles. The molecule has 6 nitrogen and oxygen atoms in total. The lowest BCUT2D eigenvalue weighted by atomic mass is 10.0. The van der Waals surface area contributed by atoms with Crippen molar-refractivity contribution in [1.82, 2.24) is 10.2 Å². The van der Waals surface area contributed by atoms with E-state index in [-0.39, 0.29) is 17.5 Å². The van der Waals surface area contributed by atoms with Gasteiger partial charge in [-0.2, -0.15) is 20.5 Å². The van der Waals surface area contributed by atoms with Crippen LogP contribution in [0.25, 0.3) is 0 Å². The highest BCUT2D eigenvalue weighted by Crippen LogP contribution is 2.41. The van der Waals surface area contributed by atoms with Crippen molar-refractivity contribution in [3.63, 3.8) is 0 Å². The van der Waals surface area contributed by atoms with Gasteiger partial charge in [0.2, 0.25) is 5.91 Å². The molecule has 140 valence electrons. The van der Waals surface area contributed by atoms with Gasteiger partial charge in [0.15, 0.2) is 6.67 Å². The number of alkyl halides is 3. The lowest BCUT2D eigenvalue weighted by Crippen LogP contribution is -2.70. The molecule has 12 heteroatoms. The Morgan fingerprint density at radius 2 is 2.16 bits per heavy atom. The number of halogens is 3. The molecule has 0 spiro atoms. The van der Waals surface area contributed by atoms with Crippen LogP contribution >= 0.6 is 35.3 Å². The molecule has 0 aromatic carbocycles. The van der Waals surface area contributed by atoms with Gasteiger partial charge in [-0.25, -0.2) is 9.18 Å². The van der Waals surface area contributed by atoms with Crippen LogP contribution in [0.1, 0.15) is 0 Å². The topological polar surface area (TPSA) is 86.7 Å². The summed E-state index contributed by atoms with van der Waals surface area (Å²) in [6.07, 6.45) is 1.81. The molecule has 2 aliphatic rings. The third kappa shape index (κ3) is 4.40. The van der Waals surface area contributed by atoms with Crippen LogP contribution in [0.5, 0.6) is 0 Å². The maximum Gasteiger partial charge on any atom is 0.352 e. The number of nitrogens with zero attached hydrogens (tertiary/aromatic N) is 1. The first-order valence-corrected chi connectivity index (χ1v) is 10.4. The second-order valence-corrected chi connectivity index (χ2v) is 8.35. The van der Waals surface area contributed by atoms with Gasteiger partial charge in [0.1, 0.15) is 17.1 Å². The summed E-state index contributed by atoms with van der Waals surface area (Å²) < 4.78 is 37.6. The summed E-state index contributed by atoms with van der Waals surface area (Å²) in [4.78, 5) is 36.5. The first-order chi connectivity index (χ1) is 11.7. The van der Waals surface area contributed by atoms with Gasteiger partial charge in [-0.05, 0) is 11.8 Å². The molecule has 1 fully saturated rings. The Bertz CT molecular complexity index is 617. The fraction of sp³-hybridized carbons (Fsp3) is 0.615. The van der Waals surface area contributed by atoms with Crippen LogP contribution in [-0.2, 0) is 14.4 Å². The largest absolute Gasteiger partial charge is 0.477 e. The van der Waals surface area contributed by atoms with E-state index in [9.17, 15) is 32.7 Å². The predicted octanol–water partition coefficient (Wildman–Crippen LogP) is 1.38.